The van der Waals surface area contributed by atoms with Crippen molar-refractivity contribution < 1.29 is 22.7 Å². The fraction of sp³-hybridized carbons (Fsp3) is 0.500. The number of amides is 1. The molecule has 0 radical (unpaired) electrons. The quantitative estimate of drug-likeness (QED) is 0.774. The first-order chi connectivity index (χ1) is 11.3. The Morgan fingerprint density at radius 1 is 1.17 bits per heavy atom. The van der Waals surface area contributed by atoms with Crippen molar-refractivity contribution in [3.05, 3.63) is 29.8 Å². The van der Waals surface area contributed by atoms with E-state index in [-0.39, 0.29) is 22.4 Å². The molecule has 3 N–H and O–H groups in total. The van der Waals surface area contributed by atoms with Crippen LogP contribution in [-0.2, 0) is 19.6 Å². The van der Waals surface area contributed by atoms with Crippen LogP contribution in [0.1, 0.15) is 49.4 Å². The SMILES string of the molecule is C[C@@H](OC(=O)c1ccc(S(N)(=O)=O)cc1)C(=O)NC1CCCCC1. The van der Waals surface area contributed by atoms with Gasteiger partial charge in [0.25, 0.3) is 5.91 Å². The van der Waals surface area contributed by atoms with Gasteiger partial charge in [0.15, 0.2) is 6.10 Å². The Morgan fingerprint density at radius 2 is 1.75 bits per heavy atom. The van der Waals surface area contributed by atoms with Crippen LogP contribution in [0.2, 0.25) is 0 Å². The smallest absolute Gasteiger partial charge is 0.338 e. The summed E-state index contributed by atoms with van der Waals surface area (Å²) in [6.07, 6.45) is 4.34. The number of benzene rings is 1. The van der Waals surface area contributed by atoms with E-state index in [1.165, 1.54) is 37.6 Å². The number of esters is 1. The lowest BCUT2D eigenvalue weighted by atomic mass is 9.95. The maximum absolute atomic E-state index is 12.1. The number of carbonyl (C=O) groups excluding carboxylic acids is 2. The van der Waals surface area contributed by atoms with E-state index >= 15 is 0 Å². The van der Waals surface area contributed by atoms with Gasteiger partial charge in [0.05, 0.1) is 10.5 Å². The number of ether oxygens (including phenoxy) is 1. The van der Waals surface area contributed by atoms with Crippen molar-refractivity contribution in [2.24, 2.45) is 5.14 Å². The van der Waals surface area contributed by atoms with Crippen LogP contribution < -0.4 is 10.5 Å². The molecule has 1 aliphatic carbocycles. The van der Waals surface area contributed by atoms with Crippen molar-refractivity contribution in [1.82, 2.24) is 5.32 Å². The molecular formula is C16H22N2O5S. The molecule has 1 fully saturated rings. The van der Waals surface area contributed by atoms with Gasteiger partial charge in [-0.05, 0) is 44.0 Å². The molecule has 1 saturated carbocycles. The number of hydrogen-bond acceptors (Lipinski definition) is 5. The molecule has 1 amide bonds. The van der Waals surface area contributed by atoms with Gasteiger partial charge in [-0.1, -0.05) is 19.3 Å². The highest BCUT2D eigenvalue weighted by Crippen LogP contribution is 2.17. The highest BCUT2D eigenvalue weighted by molar-refractivity contribution is 7.89. The zero-order valence-electron chi connectivity index (χ0n) is 13.5. The summed E-state index contributed by atoms with van der Waals surface area (Å²) in [6, 6.07) is 5.18. The molecule has 7 nitrogen and oxygen atoms in total. The van der Waals surface area contributed by atoms with Crippen molar-refractivity contribution in [3.63, 3.8) is 0 Å². The molecule has 0 aromatic heterocycles. The Labute approximate surface area is 141 Å². The van der Waals surface area contributed by atoms with Gasteiger partial charge in [-0.25, -0.2) is 18.4 Å². The fourth-order valence-corrected chi connectivity index (χ4v) is 3.14. The van der Waals surface area contributed by atoms with E-state index < -0.39 is 22.1 Å². The lowest BCUT2D eigenvalue weighted by Gasteiger charge is -2.24. The molecule has 2 rings (SSSR count). The van der Waals surface area contributed by atoms with Crippen molar-refractivity contribution in [2.75, 3.05) is 0 Å². The van der Waals surface area contributed by atoms with E-state index in [2.05, 4.69) is 5.32 Å². The minimum atomic E-state index is -3.81. The predicted molar refractivity (Wildman–Crippen MR) is 87.7 cm³/mol. The second-order valence-electron chi connectivity index (χ2n) is 5.96. The maximum Gasteiger partial charge on any atom is 0.338 e. The van der Waals surface area contributed by atoms with Crippen LogP contribution in [0.4, 0.5) is 0 Å². The van der Waals surface area contributed by atoms with E-state index in [0.717, 1.165) is 25.7 Å². The lowest BCUT2D eigenvalue weighted by molar-refractivity contribution is -0.130. The second-order valence-corrected chi connectivity index (χ2v) is 7.52. The van der Waals surface area contributed by atoms with Gasteiger partial charge < -0.3 is 10.1 Å². The van der Waals surface area contributed by atoms with Crippen LogP contribution in [0.15, 0.2) is 29.2 Å². The molecule has 1 aromatic carbocycles. The van der Waals surface area contributed by atoms with Crippen molar-refractivity contribution in [3.8, 4) is 0 Å². The summed E-state index contributed by atoms with van der Waals surface area (Å²) in [5, 5.41) is 7.89. The summed E-state index contributed by atoms with van der Waals surface area (Å²) < 4.78 is 27.5. The molecule has 0 aliphatic heterocycles. The standard InChI is InChI=1S/C16H22N2O5S/c1-11(15(19)18-13-5-3-2-4-6-13)23-16(20)12-7-9-14(10-8-12)24(17,21)22/h7-11,13H,2-6H2,1H3,(H,18,19)(H2,17,21,22)/t11-/m1/s1. The predicted octanol–water partition coefficient (Wildman–Crippen LogP) is 1.33. The Bertz CT molecular complexity index is 694. The lowest BCUT2D eigenvalue weighted by Crippen LogP contribution is -2.42. The van der Waals surface area contributed by atoms with Gasteiger partial charge in [0, 0.05) is 6.04 Å². The zero-order valence-corrected chi connectivity index (χ0v) is 14.3. The number of sulfonamides is 1. The van der Waals surface area contributed by atoms with Gasteiger partial charge in [-0.15, -0.1) is 0 Å². The van der Waals surface area contributed by atoms with E-state index in [1.807, 2.05) is 0 Å². The van der Waals surface area contributed by atoms with Crippen LogP contribution in [0, 0.1) is 0 Å². The molecule has 0 heterocycles. The fourth-order valence-electron chi connectivity index (χ4n) is 2.63. The first kappa shape index (κ1) is 18.4. The summed E-state index contributed by atoms with van der Waals surface area (Å²) in [6.45, 7) is 1.51. The minimum Gasteiger partial charge on any atom is -0.449 e. The third-order valence-corrected chi connectivity index (χ3v) is 4.95. The summed E-state index contributed by atoms with van der Waals surface area (Å²) in [5.74, 6) is -1.02. The molecule has 0 unspecified atom stereocenters. The molecule has 0 bridgehead atoms. The number of carbonyl (C=O) groups is 2. The number of rotatable bonds is 5. The Kier molecular flexibility index (Phi) is 5.95. The van der Waals surface area contributed by atoms with Crippen LogP contribution in [0.5, 0.6) is 0 Å². The molecular weight excluding hydrogens is 332 g/mol. The summed E-state index contributed by atoms with van der Waals surface area (Å²) in [5.41, 5.74) is 0.153. The first-order valence-corrected chi connectivity index (χ1v) is 9.46. The van der Waals surface area contributed by atoms with E-state index in [0.29, 0.717) is 0 Å². The molecule has 8 heteroatoms. The van der Waals surface area contributed by atoms with Crippen molar-refractivity contribution in [2.45, 2.75) is 56.1 Å². The van der Waals surface area contributed by atoms with Gasteiger partial charge in [-0.2, -0.15) is 0 Å². The number of nitrogens with two attached hydrogens (primary N) is 1. The molecule has 1 atom stereocenters. The van der Waals surface area contributed by atoms with Crippen LogP contribution in [-0.4, -0.2) is 32.4 Å². The summed E-state index contributed by atoms with van der Waals surface area (Å²) >= 11 is 0. The highest BCUT2D eigenvalue weighted by atomic mass is 32.2. The summed E-state index contributed by atoms with van der Waals surface area (Å²) in [4.78, 5) is 24.0. The second kappa shape index (κ2) is 7.76. The van der Waals surface area contributed by atoms with Gasteiger partial charge in [0.2, 0.25) is 10.0 Å². The third-order valence-electron chi connectivity index (χ3n) is 4.02. The molecule has 1 aromatic rings. The molecule has 1 aliphatic rings. The Balaban J connectivity index is 1.91. The average Bonchev–Trinajstić information content (AvgIpc) is 2.55. The Hall–Kier alpha value is -1.93. The zero-order chi connectivity index (χ0) is 17.7. The van der Waals surface area contributed by atoms with Crippen molar-refractivity contribution >= 4 is 21.9 Å². The van der Waals surface area contributed by atoms with Crippen molar-refractivity contribution in [1.29, 1.82) is 0 Å². The first-order valence-electron chi connectivity index (χ1n) is 7.91. The van der Waals surface area contributed by atoms with E-state index in [4.69, 9.17) is 9.88 Å². The monoisotopic (exact) mass is 354 g/mol. The van der Waals surface area contributed by atoms with Crippen LogP contribution >= 0.6 is 0 Å². The largest absolute Gasteiger partial charge is 0.449 e. The summed E-state index contributed by atoms with van der Waals surface area (Å²) in [7, 11) is -3.81. The molecule has 132 valence electrons. The number of nitrogens with one attached hydrogen (secondary N) is 1. The van der Waals surface area contributed by atoms with Crippen LogP contribution in [0.25, 0.3) is 0 Å². The van der Waals surface area contributed by atoms with Gasteiger partial charge >= 0.3 is 5.97 Å². The number of hydrogen-bond donors (Lipinski definition) is 2. The third kappa shape index (κ3) is 5.04. The number of primary sulfonamides is 1. The average molecular weight is 354 g/mol. The normalized spacial score (nSPS) is 17.1. The molecule has 0 saturated heterocycles. The molecule has 24 heavy (non-hydrogen) atoms. The topological polar surface area (TPSA) is 116 Å². The van der Waals surface area contributed by atoms with E-state index in [9.17, 15) is 18.0 Å². The van der Waals surface area contributed by atoms with Gasteiger partial charge in [-0.3, -0.25) is 4.79 Å². The van der Waals surface area contributed by atoms with Gasteiger partial charge in [0.1, 0.15) is 0 Å². The highest BCUT2D eigenvalue weighted by Gasteiger charge is 2.23. The Morgan fingerprint density at radius 3 is 2.29 bits per heavy atom. The van der Waals surface area contributed by atoms with E-state index in [1.54, 1.807) is 0 Å². The minimum absolute atomic E-state index is 0.0952. The van der Waals surface area contributed by atoms with Crippen LogP contribution in [0.3, 0.4) is 0 Å². The molecule has 0 spiro atoms. The maximum atomic E-state index is 12.1.